The lowest BCUT2D eigenvalue weighted by Gasteiger charge is -2.08. The van der Waals surface area contributed by atoms with E-state index in [4.69, 9.17) is 4.74 Å². The minimum atomic E-state index is -0.569. The molecule has 1 aromatic carbocycles. The Labute approximate surface area is 139 Å². The van der Waals surface area contributed by atoms with Gasteiger partial charge in [-0.15, -0.1) is 0 Å². The van der Waals surface area contributed by atoms with E-state index in [1.165, 1.54) is 6.08 Å². The molecule has 1 rings (SSSR count). The fourth-order valence-corrected chi connectivity index (χ4v) is 2.20. The molecule has 0 heterocycles. The van der Waals surface area contributed by atoms with Gasteiger partial charge < -0.3 is 9.84 Å². The molecule has 126 valence electrons. The van der Waals surface area contributed by atoms with Gasteiger partial charge in [-0.05, 0) is 37.5 Å². The average molecular weight is 316 g/mol. The van der Waals surface area contributed by atoms with E-state index in [2.05, 4.69) is 6.58 Å². The Morgan fingerprint density at radius 2 is 1.83 bits per heavy atom. The van der Waals surface area contributed by atoms with Crippen LogP contribution in [-0.2, 0) is 4.79 Å². The first-order valence-corrected chi connectivity index (χ1v) is 8.40. The van der Waals surface area contributed by atoms with Gasteiger partial charge in [0, 0.05) is 6.42 Å². The Balaban J connectivity index is 1.97. The minimum Gasteiger partial charge on any atom is -0.491 e. The van der Waals surface area contributed by atoms with Crippen molar-refractivity contribution in [3.63, 3.8) is 0 Å². The second-order valence-corrected chi connectivity index (χ2v) is 5.60. The second kappa shape index (κ2) is 12.7. The average Bonchev–Trinajstić information content (AvgIpc) is 2.59. The molecule has 1 N–H and O–H groups in total. The number of allylic oxidation sites excluding steroid dienone is 2. The number of unbranched alkanes of at least 4 members (excludes halogenated alkanes) is 5. The zero-order chi connectivity index (χ0) is 16.8. The monoisotopic (exact) mass is 316 g/mol. The second-order valence-electron chi connectivity index (χ2n) is 5.60. The summed E-state index contributed by atoms with van der Waals surface area (Å²) in [5, 5.41) is 9.81. The molecule has 1 atom stereocenters. The molecule has 0 aromatic heterocycles. The van der Waals surface area contributed by atoms with Crippen LogP contribution in [0.2, 0.25) is 0 Å². The van der Waals surface area contributed by atoms with Crippen molar-refractivity contribution in [2.75, 3.05) is 6.61 Å². The van der Waals surface area contributed by atoms with Gasteiger partial charge in [0.05, 0.1) is 0 Å². The molecule has 0 radical (unpaired) electrons. The summed E-state index contributed by atoms with van der Waals surface area (Å²) in [6.45, 7) is 3.74. The smallest absolute Gasteiger partial charge is 0.155 e. The molecule has 3 nitrogen and oxygen atoms in total. The Kier molecular flexibility index (Phi) is 10.5. The first-order chi connectivity index (χ1) is 11.2. The quantitative estimate of drug-likeness (QED) is 0.332. The van der Waals surface area contributed by atoms with Crippen LogP contribution in [0.25, 0.3) is 0 Å². The Bertz CT molecular complexity index is 465. The standard InChI is InChI=1S/C20H28O3/c1-2-18(21)13-9-6-4-3-5-7-10-14-19(22)17-23-20-15-11-8-12-16-20/h2,8,10-12,14-16,19,22H,1,3-7,9,13,17H2/b14-10+/t19-/m1/s1. The third kappa shape index (κ3) is 10.5. The summed E-state index contributed by atoms with van der Waals surface area (Å²) < 4.78 is 5.48. The topological polar surface area (TPSA) is 46.5 Å². The maximum absolute atomic E-state index is 11.0. The number of rotatable bonds is 13. The number of carbonyl (C=O) groups excluding carboxylic acids is 1. The van der Waals surface area contributed by atoms with E-state index in [1.54, 1.807) is 6.08 Å². The van der Waals surface area contributed by atoms with E-state index in [0.717, 1.165) is 44.3 Å². The van der Waals surface area contributed by atoms with E-state index >= 15 is 0 Å². The maximum Gasteiger partial charge on any atom is 0.155 e. The first kappa shape index (κ1) is 19.2. The molecule has 3 heteroatoms. The highest BCUT2D eigenvalue weighted by Gasteiger charge is 2.00. The van der Waals surface area contributed by atoms with Gasteiger partial charge in [-0.2, -0.15) is 0 Å². The summed E-state index contributed by atoms with van der Waals surface area (Å²) in [6.07, 6.45) is 11.7. The van der Waals surface area contributed by atoms with Gasteiger partial charge in [0.15, 0.2) is 5.78 Å². The Morgan fingerprint density at radius 3 is 2.57 bits per heavy atom. The van der Waals surface area contributed by atoms with Gasteiger partial charge >= 0.3 is 0 Å². The minimum absolute atomic E-state index is 0.139. The lowest BCUT2D eigenvalue weighted by Crippen LogP contribution is -2.14. The summed E-state index contributed by atoms with van der Waals surface area (Å²) in [5.41, 5.74) is 0. The lowest BCUT2D eigenvalue weighted by atomic mass is 10.1. The number of ketones is 1. The zero-order valence-corrected chi connectivity index (χ0v) is 13.8. The van der Waals surface area contributed by atoms with Crippen LogP contribution in [0.1, 0.15) is 44.9 Å². The SMILES string of the molecule is C=CC(=O)CCCCCCC/C=C/[C@@H](O)COc1ccccc1. The fourth-order valence-electron chi connectivity index (χ4n) is 2.20. The maximum atomic E-state index is 11.0. The normalized spacial score (nSPS) is 12.2. The summed E-state index contributed by atoms with van der Waals surface area (Å²) in [5.74, 6) is 0.912. The molecule has 0 unspecified atom stereocenters. The molecule has 0 amide bonds. The van der Waals surface area contributed by atoms with Gasteiger partial charge in [-0.25, -0.2) is 0 Å². The third-order valence-corrected chi connectivity index (χ3v) is 3.54. The molecule has 0 spiro atoms. The number of ether oxygens (including phenoxy) is 1. The van der Waals surface area contributed by atoms with Crippen molar-refractivity contribution in [1.29, 1.82) is 0 Å². The largest absolute Gasteiger partial charge is 0.491 e. The molecule has 0 aliphatic carbocycles. The van der Waals surface area contributed by atoms with E-state index in [0.29, 0.717) is 6.42 Å². The molecule has 1 aromatic rings. The molecule has 0 aliphatic rings. The first-order valence-electron chi connectivity index (χ1n) is 8.40. The number of aliphatic hydroxyl groups excluding tert-OH is 1. The molecule has 0 saturated carbocycles. The molecule has 23 heavy (non-hydrogen) atoms. The number of hydrogen-bond acceptors (Lipinski definition) is 3. The number of para-hydroxylation sites is 1. The van der Waals surface area contributed by atoms with Crippen molar-refractivity contribution in [2.24, 2.45) is 0 Å². The highest BCUT2D eigenvalue weighted by atomic mass is 16.5. The van der Waals surface area contributed by atoms with Crippen LogP contribution in [-0.4, -0.2) is 23.6 Å². The van der Waals surface area contributed by atoms with Gasteiger partial charge in [0.25, 0.3) is 0 Å². The highest BCUT2D eigenvalue weighted by molar-refractivity contribution is 5.88. The molecule has 0 aliphatic heterocycles. The van der Waals surface area contributed by atoms with Crippen molar-refractivity contribution in [3.05, 3.63) is 55.1 Å². The highest BCUT2D eigenvalue weighted by Crippen LogP contribution is 2.10. The summed E-state index contributed by atoms with van der Waals surface area (Å²) in [6, 6.07) is 9.49. The van der Waals surface area contributed by atoms with E-state index < -0.39 is 6.10 Å². The van der Waals surface area contributed by atoms with Crippen LogP contribution in [0.5, 0.6) is 5.75 Å². The predicted molar refractivity (Wildman–Crippen MR) is 94.6 cm³/mol. The zero-order valence-electron chi connectivity index (χ0n) is 13.8. The Morgan fingerprint density at radius 1 is 1.13 bits per heavy atom. The van der Waals surface area contributed by atoms with Crippen LogP contribution in [0.15, 0.2) is 55.1 Å². The molecule has 0 fully saturated rings. The lowest BCUT2D eigenvalue weighted by molar-refractivity contribution is -0.114. The van der Waals surface area contributed by atoms with Crippen LogP contribution >= 0.6 is 0 Å². The van der Waals surface area contributed by atoms with Crippen molar-refractivity contribution in [1.82, 2.24) is 0 Å². The number of benzene rings is 1. The summed E-state index contributed by atoms with van der Waals surface area (Å²) in [4.78, 5) is 11.0. The van der Waals surface area contributed by atoms with Crippen molar-refractivity contribution < 1.29 is 14.6 Å². The van der Waals surface area contributed by atoms with E-state index in [9.17, 15) is 9.90 Å². The van der Waals surface area contributed by atoms with Gasteiger partial charge in [-0.3, -0.25) is 4.79 Å². The molecular weight excluding hydrogens is 288 g/mol. The summed E-state index contributed by atoms with van der Waals surface area (Å²) >= 11 is 0. The number of hydrogen-bond donors (Lipinski definition) is 1. The van der Waals surface area contributed by atoms with Crippen LogP contribution in [0.4, 0.5) is 0 Å². The third-order valence-electron chi connectivity index (χ3n) is 3.54. The van der Waals surface area contributed by atoms with Crippen molar-refractivity contribution in [2.45, 2.75) is 51.0 Å². The molecular formula is C20H28O3. The van der Waals surface area contributed by atoms with Crippen molar-refractivity contribution >= 4 is 5.78 Å². The number of aliphatic hydroxyl groups is 1. The van der Waals surface area contributed by atoms with Crippen LogP contribution in [0.3, 0.4) is 0 Å². The number of carbonyl (C=O) groups is 1. The van der Waals surface area contributed by atoms with Crippen LogP contribution < -0.4 is 4.74 Å². The summed E-state index contributed by atoms with van der Waals surface area (Å²) in [7, 11) is 0. The van der Waals surface area contributed by atoms with Crippen LogP contribution in [0, 0.1) is 0 Å². The van der Waals surface area contributed by atoms with E-state index in [1.807, 2.05) is 36.4 Å². The molecule has 0 saturated heterocycles. The van der Waals surface area contributed by atoms with E-state index in [-0.39, 0.29) is 12.4 Å². The Hall–Kier alpha value is -1.87. The fraction of sp³-hybridized carbons (Fsp3) is 0.450. The van der Waals surface area contributed by atoms with Gasteiger partial charge in [0.2, 0.25) is 0 Å². The van der Waals surface area contributed by atoms with Crippen molar-refractivity contribution in [3.8, 4) is 5.75 Å². The predicted octanol–water partition coefficient (Wildman–Crippen LogP) is 4.47. The molecule has 0 bridgehead atoms. The van der Waals surface area contributed by atoms with Gasteiger partial charge in [-0.1, -0.05) is 56.2 Å². The van der Waals surface area contributed by atoms with Gasteiger partial charge in [0.1, 0.15) is 18.5 Å².